The Morgan fingerprint density at radius 3 is 2.65 bits per heavy atom. The summed E-state index contributed by atoms with van der Waals surface area (Å²) in [5.74, 6) is -1.55. The smallest absolute Gasteiger partial charge is 0.351 e. The van der Waals surface area contributed by atoms with Gasteiger partial charge in [-0.3, -0.25) is 20.2 Å². The minimum absolute atomic E-state index is 0.185. The summed E-state index contributed by atoms with van der Waals surface area (Å²) in [6.07, 6.45) is -2.31. The molecule has 3 rings (SSSR count). The Morgan fingerprint density at radius 2 is 1.97 bits per heavy atom. The largest absolute Gasteiger partial charge is 0.417 e. The third-order valence-corrected chi connectivity index (χ3v) is 4.38. The van der Waals surface area contributed by atoms with Gasteiger partial charge >= 0.3 is 11.9 Å². The number of hydrogen-bond acceptors (Lipinski definition) is 6. The van der Waals surface area contributed by atoms with E-state index in [9.17, 15) is 28.1 Å². The molecule has 1 aromatic carbocycles. The van der Waals surface area contributed by atoms with Gasteiger partial charge in [-0.15, -0.1) is 0 Å². The Hall–Kier alpha value is -3.76. The molecule has 0 fully saturated rings. The molecule has 1 amide bonds. The maximum Gasteiger partial charge on any atom is 0.417 e. The molecule has 31 heavy (non-hydrogen) atoms. The summed E-state index contributed by atoms with van der Waals surface area (Å²) in [5, 5.41) is 17.3. The van der Waals surface area contributed by atoms with Gasteiger partial charge in [-0.25, -0.2) is 4.98 Å². The Labute approximate surface area is 174 Å². The molecule has 3 aromatic rings. The van der Waals surface area contributed by atoms with E-state index in [1.807, 2.05) is 6.92 Å². The van der Waals surface area contributed by atoms with Gasteiger partial charge in [-0.1, -0.05) is 36.7 Å². The van der Waals surface area contributed by atoms with E-state index < -0.39 is 34.1 Å². The van der Waals surface area contributed by atoms with Crippen LogP contribution in [0.15, 0.2) is 47.0 Å². The van der Waals surface area contributed by atoms with Crippen LogP contribution in [0.1, 0.15) is 41.6 Å². The predicted molar refractivity (Wildman–Crippen MR) is 104 cm³/mol. The standard InChI is InChI=1S/C20H17F3N4O4/c1-2-3-6-12-11-17(31-26-12)19(28)25-18-16(27(29)30)10-9-15(24-18)13-7-4-5-8-14(13)20(21,22)23/h4-5,7-11H,2-3,6H2,1H3,(H,24,25,28). The Balaban J connectivity index is 1.96. The Morgan fingerprint density at radius 1 is 1.23 bits per heavy atom. The van der Waals surface area contributed by atoms with Crippen LogP contribution in [-0.2, 0) is 12.6 Å². The quantitative estimate of drug-likeness (QED) is 0.401. The summed E-state index contributed by atoms with van der Waals surface area (Å²) >= 11 is 0. The van der Waals surface area contributed by atoms with Gasteiger partial charge in [0.25, 0.3) is 5.91 Å². The van der Waals surface area contributed by atoms with Crippen molar-refractivity contribution in [2.75, 3.05) is 5.32 Å². The number of hydrogen-bond donors (Lipinski definition) is 1. The van der Waals surface area contributed by atoms with E-state index in [0.717, 1.165) is 31.0 Å². The number of nitro groups is 1. The fourth-order valence-corrected chi connectivity index (χ4v) is 2.86. The van der Waals surface area contributed by atoms with Gasteiger partial charge in [0.05, 0.1) is 21.9 Å². The Bertz CT molecular complexity index is 1110. The van der Waals surface area contributed by atoms with Crippen LogP contribution in [0.3, 0.4) is 0 Å². The van der Waals surface area contributed by atoms with E-state index in [2.05, 4.69) is 15.5 Å². The highest BCUT2D eigenvalue weighted by Gasteiger charge is 2.34. The average Bonchev–Trinajstić information content (AvgIpc) is 3.20. The second-order valence-corrected chi connectivity index (χ2v) is 6.60. The van der Waals surface area contributed by atoms with Crippen LogP contribution in [0.4, 0.5) is 24.7 Å². The molecule has 0 aliphatic carbocycles. The minimum atomic E-state index is -4.65. The zero-order valence-electron chi connectivity index (χ0n) is 16.3. The van der Waals surface area contributed by atoms with Gasteiger partial charge in [-0.05, 0) is 25.0 Å². The molecule has 0 saturated carbocycles. The monoisotopic (exact) mass is 434 g/mol. The lowest BCUT2D eigenvalue weighted by molar-refractivity contribution is -0.384. The van der Waals surface area contributed by atoms with Crippen molar-refractivity contribution in [2.45, 2.75) is 32.4 Å². The molecule has 1 N–H and O–H groups in total. The van der Waals surface area contributed by atoms with E-state index >= 15 is 0 Å². The zero-order chi connectivity index (χ0) is 22.6. The minimum Gasteiger partial charge on any atom is -0.351 e. The van der Waals surface area contributed by atoms with Crippen LogP contribution in [0.25, 0.3) is 11.3 Å². The van der Waals surface area contributed by atoms with E-state index in [1.54, 1.807) is 0 Å². The number of nitrogens with zero attached hydrogens (tertiary/aromatic N) is 3. The Kier molecular flexibility index (Phi) is 6.33. The molecular formula is C20H17F3N4O4. The zero-order valence-corrected chi connectivity index (χ0v) is 16.3. The number of halogens is 3. The van der Waals surface area contributed by atoms with Crippen molar-refractivity contribution in [3.05, 3.63) is 69.6 Å². The summed E-state index contributed by atoms with van der Waals surface area (Å²) < 4.78 is 45.0. The van der Waals surface area contributed by atoms with Gasteiger partial charge in [0.15, 0.2) is 0 Å². The van der Waals surface area contributed by atoms with Crippen molar-refractivity contribution in [3.8, 4) is 11.3 Å². The normalized spacial score (nSPS) is 11.4. The maximum atomic E-state index is 13.3. The third-order valence-electron chi connectivity index (χ3n) is 4.38. The first-order chi connectivity index (χ1) is 14.7. The second-order valence-electron chi connectivity index (χ2n) is 6.60. The summed E-state index contributed by atoms with van der Waals surface area (Å²) in [6.45, 7) is 1.99. The number of benzene rings is 1. The SMILES string of the molecule is CCCCc1cc(C(=O)Nc2nc(-c3ccccc3C(F)(F)F)ccc2[N+](=O)[O-])on1. The summed E-state index contributed by atoms with van der Waals surface area (Å²) in [6, 6.07) is 8.16. The van der Waals surface area contributed by atoms with Gasteiger partial charge in [0.1, 0.15) is 0 Å². The first-order valence-electron chi connectivity index (χ1n) is 9.29. The molecule has 8 nitrogen and oxygen atoms in total. The lowest BCUT2D eigenvalue weighted by atomic mass is 10.0. The summed E-state index contributed by atoms with van der Waals surface area (Å²) in [5.41, 5.74) is -1.45. The number of aryl methyl sites for hydroxylation is 1. The molecule has 0 atom stereocenters. The fraction of sp³-hybridized carbons (Fsp3) is 0.250. The van der Waals surface area contributed by atoms with E-state index in [1.165, 1.54) is 24.3 Å². The van der Waals surface area contributed by atoms with Crippen LogP contribution in [-0.4, -0.2) is 21.0 Å². The van der Waals surface area contributed by atoms with Crippen LogP contribution < -0.4 is 5.32 Å². The first-order valence-corrected chi connectivity index (χ1v) is 9.29. The fourth-order valence-electron chi connectivity index (χ4n) is 2.86. The predicted octanol–water partition coefficient (Wildman–Crippen LogP) is 5.26. The maximum absolute atomic E-state index is 13.3. The topological polar surface area (TPSA) is 111 Å². The number of anilines is 1. The van der Waals surface area contributed by atoms with E-state index in [-0.39, 0.29) is 17.0 Å². The van der Waals surface area contributed by atoms with Crippen LogP contribution in [0.2, 0.25) is 0 Å². The number of rotatable bonds is 7. The molecule has 0 aliphatic heterocycles. The highest BCUT2D eigenvalue weighted by Crippen LogP contribution is 2.37. The number of unbranched alkanes of at least 4 members (excludes halogenated alkanes) is 1. The van der Waals surface area contributed by atoms with Crippen molar-refractivity contribution in [3.63, 3.8) is 0 Å². The number of alkyl halides is 3. The number of aromatic nitrogens is 2. The van der Waals surface area contributed by atoms with Gasteiger partial charge in [0.2, 0.25) is 11.6 Å². The average molecular weight is 434 g/mol. The lowest BCUT2D eigenvalue weighted by Crippen LogP contribution is -2.14. The molecule has 162 valence electrons. The highest BCUT2D eigenvalue weighted by atomic mass is 19.4. The summed E-state index contributed by atoms with van der Waals surface area (Å²) in [7, 11) is 0. The summed E-state index contributed by atoms with van der Waals surface area (Å²) in [4.78, 5) is 26.9. The molecule has 0 spiro atoms. The molecular weight excluding hydrogens is 417 g/mol. The molecule has 0 saturated heterocycles. The molecule has 2 aromatic heterocycles. The van der Waals surface area contributed by atoms with Crippen LogP contribution in [0, 0.1) is 10.1 Å². The third kappa shape index (κ3) is 5.05. The lowest BCUT2D eigenvalue weighted by Gasteiger charge is -2.13. The second kappa shape index (κ2) is 8.94. The van der Waals surface area contributed by atoms with Gasteiger partial charge < -0.3 is 4.52 Å². The highest BCUT2D eigenvalue weighted by molar-refractivity contribution is 6.03. The van der Waals surface area contributed by atoms with E-state index in [4.69, 9.17) is 4.52 Å². The van der Waals surface area contributed by atoms with Gasteiger partial charge in [-0.2, -0.15) is 13.2 Å². The molecule has 0 bridgehead atoms. The van der Waals surface area contributed by atoms with Crippen LogP contribution >= 0.6 is 0 Å². The molecule has 2 heterocycles. The molecule has 11 heteroatoms. The first kappa shape index (κ1) is 21.9. The van der Waals surface area contributed by atoms with Crippen molar-refractivity contribution in [2.24, 2.45) is 0 Å². The number of nitrogens with one attached hydrogen (secondary N) is 1. The molecule has 0 aliphatic rings. The van der Waals surface area contributed by atoms with Crippen molar-refractivity contribution < 1.29 is 27.4 Å². The number of amides is 1. The number of carbonyl (C=O) groups excluding carboxylic acids is 1. The van der Waals surface area contributed by atoms with Gasteiger partial charge in [0, 0.05) is 17.7 Å². The number of pyridine rings is 1. The van der Waals surface area contributed by atoms with Crippen molar-refractivity contribution in [1.82, 2.24) is 10.1 Å². The molecule has 0 radical (unpaired) electrons. The van der Waals surface area contributed by atoms with Crippen molar-refractivity contribution >= 4 is 17.4 Å². The number of carbonyl (C=O) groups is 1. The van der Waals surface area contributed by atoms with Crippen LogP contribution in [0.5, 0.6) is 0 Å². The molecule has 0 unspecified atom stereocenters. The van der Waals surface area contributed by atoms with Crippen molar-refractivity contribution in [1.29, 1.82) is 0 Å². The van der Waals surface area contributed by atoms with E-state index in [0.29, 0.717) is 12.1 Å².